The Hall–Kier alpha value is -2.45. The van der Waals surface area contributed by atoms with E-state index < -0.39 is 0 Å². The lowest BCUT2D eigenvalue weighted by Crippen LogP contribution is -2.12. The molecule has 0 fully saturated rings. The van der Waals surface area contributed by atoms with Crippen molar-refractivity contribution in [1.82, 2.24) is 0 Å². The summed E-state index contributed by atoms with van der Waals surface area (Å²) in [4.78, 5) is 12.8. The smallest absolute Gasteiger partial charge is 0.225 e. The summed E-state index contributed by atoms with van der Waals surface area (Å²) in [5.74, 6) is 0.609. The zero-order valence-electron chi connectivity index (χ0n) is 11.4. The molecule has 0 spiro atoms. The van der Waals surface area contributed by atoms with Crippen LogP contribution in [0.1, 0.15) is 12.0 Å². The van der Waals surface area contributed by atoms with Crippen molar-refractivity contribution in [2.24, 2.45) is 0 Å². The van der Waals surface area contributed by atoms with E-state index in [0.29, 0.717) is 23.4 Å². The lowest BCUT2D eigenvalue weighted by atomic mass is 10.2. The number of benzene rings is 2. The van der Waals surface area contributed by atoms with Crippen LogP contribution in [0.2, 0.25) is 0 Å². The number of nitrogens with zero attached hydrogens (tertiary/aromatic N) is 1. The Balaban J connectivity index is 1.80. The summed E-state index contributed by atoms with van der Waals surface area (Å²) in [5, 5.41) is 11.5. The molecule has 0 aliphatic rings. The standard InChI is InChI=1S/C16H15N3OS/c17-11-12-5-7-13(8-6-12)19-16(20)9-10-21-15-4-2-1-3-14(15)18/h1-8H,9-10,18H2,(H,19,20). The van der Waals surface area contributed by atoms with Gasteiger partial charge >= 0.3 is 0 Å². The third kappa shape index (κ3) is 4.55. The largest absolute Gasteiger partial charge is 0.398 e. The van der Waals surface area contributed by atoms with Crippen LogP contribution in [0.5, 0.6) is 0 Å². The van der Waals surface area contributed by atoms with Gasteiger partial charge in [0.15, 0.2) is 0 Å². The van der Waals surface area contributed by atoms with Crippen molar-refractivity contribution in [3.63, 3.8) is 0 Å². The number of nitriles is 1. The van der Waals surface area contributed by atoms with Crippen LogP contribution in [-0.2, 0) is 4.79 Å². The molecule has 0 heterocycles. The molecule has 1 amide bonds. The highest BCUT2D eigenvalue weighted by Gasteiger charge is 2.04. The third-order valence-corrected chi connectivity index (χ3v) is 3.89. The molecule has 0 atom stereocenters. The maximum absolute atomic E-state index is 11.8. The molecule has 5 heteroatoms. The van der Waals surface area contributed by atoms with Gasteiger partial charge in [-0.25, -0.2) is 0 Å². The van der Waals surface area contributed by atoms with Gasteiger partial charge in [0.05, 0.1) is 11.6 Å². The average Bonchev–Trinajstić information content (AvgIpc) is 2.50. The highest BCUT2D eigenvalue weighted by atomic mass is 32.2. The van der Waals surface area contributed by atoms with Crippen LogP contribution in [-0.4, -0.2) is 11.7 Å². The number of carbonyl (C=O) groups excluding carboxylic acids is 1. The SMILES string of the molecule is N#Cc1ccc(NC(=O)CCSc2ccccc2N)cc1. The molecule has 0 bridgehead atoms. The van der Waals surface area contributed by atoms with Gasteiger partial charge in [-0.05, 0) is 36.4 Å². The molecule has 4 nitrogen and oxygen atoms in total. The molecule has 0 aromatic heterocycles. The Labute approximate surface area is 128 Å². The van der Waals surface area contributed by atoms with E-state index in [1.165, 1.54) is 0 Å². The van der Waals surface area contributed by atoms with E-state index in [1.54, 1.807) is 36.0 Å². The normalized spacial score (nSPS) is 9.86. The number of para-hydroxylation sites is 1. The Morgan fingerprint density at radius 1 is 1.19 bits per heavy atom. The fourth-order valence-electron chi connectivity index (χ4n) is 1.72. The number of anilines is 2. The number of hydrogen-bond acceptors (Lipinski definition) is 4. The molecule has 0 saturated carbocycles. The van der Waals surface area contributed by atoms with Crippen molar-refractivity contribution >= 4 is 29.0 Å². The maximum atomic E-state index is 11.8. The minimum absolute atomic E-state index is 0.0540. The second kappa shape index (κ2) is 7.36. The van der Waals surface area contributed by atoms with Crippen LogP contribution in [0.4, 0.5) is 11.4 Å². The second-order valence-corrected chi connectivity index (χ2v) is 5.51. The van der Waals surface area contributed by atoms with Gasteiger partial charge in [0, 0.05) is 28.4 Å². The summed E-state index contributed by atoms with van der Waals surface area (Å²) >= 11 is 1.56. The fraction of sp³-hybridized carbons (Fsp3) is 0.125. The Kier molecular flexibility index (Phi) is 5.24. The van der Waals surface area contributed by atoms with Crippen LogP contribution in [0.3, 0.4) is 0 Å². The predicted molar refractivity (Wildman–Crippen MR) is 86.0 cm³/mol. The Morgan fingerprint density at radius 2 is 1.90 bits per heavy atom. The van der Waals surface area contributed by atoms with E-state index in [9.17, 15) is 4.79 Å². The van der Waals surface area contributed by atoms with Crippen LogP contribution in [0, 0.1) is 11.3 Å². The maximum Gasteiger partial charge on any atom is 0.225 e. The third-order valence-electron chi connectivity index (χ3n) is 2.80. The van der Waals surface area contributed by atoms with Gasteiger partial charge in [0.1, 0.15) is 0 Å². The van der Waals surface area contributed by atoms with Crippen LogP contribution in [0.25, 0.3) is 0 Å². The number of nitrogens with two attached hydrogens (primary N) is 1. The number of rotatable bonds is 5. The van der Waals surface area contributed by atoms with Gasteiger partial charge in [-0.2, -0.15) is 5.26 Å². The van der Waals surface area contributed by atoms with Gasteiger partial charge in [-0.1, -0.05) is 12.1 Å². The number of hydrogen-bond donors (Lipinski definition) is 2. The Bertz CT molecular complexity index is 662. The molecule has 0 radical (unpaired) electrons. The average molecular weight is 297 g/mol. The summed E-state index contributed by atoms with van der Waals surface area (Å²) in [6.07, 6.45) is 0.402. The number of nitrogens with one attached hydrogen (secondary N) is 1. The van der Waals surface area contributed by atoms with E-state index in [4.69, 9.17) is 11.0 Å². The van der Waals surface area contributed by atoms with E-state index in [2.05, 4.69) is 5.32 Å². The fourth-order valence-corrected chi connectivity index (χ4v) is 2.63. The van der Waals surface area contributed by atoms with Crippen molar-refractivity contribution in [2.75, 3.05) is 16.8 Å². The van der Waals surface area contributed by atoms with Crippen molar-refractivity contribution in [3.05, 3.63) is 54.1 Å². The van der Waals surface area contributed by atoms with E-state index in [0.717, 1.165) is 10.6 Å². The summed E-state index contributed by atoms with van der Waals surface area (Å²) in [6.45, 7) is 0. The highest BCUT2D eigenvalue weighted by molar-refractivity contribution is 7.99. The summed E-state index contributed by atoms with van der Waals surface area (Å²) in [7, 11) is 0. The number of carbonyl (C=O) groups is 1. The van der Waals surface area contributed by atoms with Gasteiger partial charge in [-0.3, -0.25) is 4.79 Å². The zero-order chi connectivity index (χ0) is 15.1. The molecule has 2 aromatic rings. The minimum Gasteiger partial charge on any atom is -0.398 e. The van der Waals surface area contributed by atoms with Gasteiger partial charge in [-0.15, -0.1) is 11.8 Å². The Morgan fingerprint density at radius 3 is 2.57 bits per heavy atom. The molecule has 2 aromatic carbocycles. The van der Waals surface area contributed by atoms with Crippen LogP contribution < -0.4 is 11.1 Å². The van der Waals surface area contributed by atoms with Gasteiger partial charge in [0.25, 0.3) is 0 Å². The van der Waals surface area contributed by atoms with Crippen molar-refractivity contribution in [1.29, 1.82) is 5.26 Å². The van der Waals surface area contributed by atoms with E-state index >= 15 is 0 Å². The number of thioether (sulfide) groups is 1. The monoisotopic (exact) mass is 297 g/mol. The second-order valence-electron chi connectivity index (χ2n) is 4.37. The molecule has 0 saturated heterocycles. The molecular weight excluding hydrogens is 282 g/mol. The first-order valence-corrected chi connectivity index (χ1v) is 7.45. The minimum atomic E-state index is -0.0540. The first-order chi connectivity index (χ1) is 10.2. The molecule has 106 valence electrons. The van der Waals surface area contributed by atoms with E-state index in [1.807, 2.05) is 30.3 Å². The highest BCUT2D eigenvalue weighted by Crippen LogP contribution is 2.24. The van der Waals surface area contributed by atoms with E-state index in [-0.39, 0.29) is 5.91 Å². The van der Waals surface area contributed by atoms with Crippen molar-refractivity contribution in [2.45, 2.75) is 11.3 Å². The van der Waals surface area contributed by atoms with Crippen molar-refractivity contribution in [3.8, 4) is 6.07 Å². The molecular formula is C16H15N3OS. The molecule has 3 N–H and O–H groups in total. The van der Waals surface area contributed by atoms with Crippen molar-refractivity contribution < 1.29 is 4.79 Å². The van der Waals surface area contributed by atoms with Crippen LogP contribution in [0.15, 0.2) is 53.4 Å². The zero-order valence-corrected chi connectivity index (χ0v) is 12.2. The molecule has 2 rings (SSSR count). The first-order valence-electron chi connectivity index (χ1n) is 6.46. The number of amides is 1. The molecule has 0 aliphatic heterocycles. The topological polar surface area (TPSA) is 78.9 Å². The molecule has 21 heavy (non-hydrogen) atoms. The lowest BCUT2D eigenvalue weighted by Gasteiger charge is -2.06. The first kappa shape index (κ1) is 14.9. The van der Waals surface area contributed by atoms with Gasteiger partial charge < -0.3 is 11.1 Å². The summed E-state index contributed by atoms with van der Waals surface area (Å²) in [6, 6.07) is 16.4. The summed E-state index contributed by atoms with van der Waals surface area (Å²) in [5.41, 5.74) is 7.84. The lowest BCUT2D eigenvalue weighted by molar-refractivity contribution is -0.115. The predicted octanol–water partition coefficient (Wildman–Crippen LogP) is 3.26. The molecule has 0 aliphatic carbocycles. The number of nitrogen functional groups attached to an aromatic ring is 1. The molecule has 0 unspecified atom stereocenters. The van der Waals surface area contributed by atoms with Crippen LogP contribution >= 0.6 is 11.8 Å². The quantitative estimate of drug-likeness (QED) is 0.656. The van der Waals surface area contributed by atoms with Gasteiger partial charge in [0.2, 0.25) is 5.91 Å². The summed E-state index contributed by atoms with van der Waals surface area (Å²) < 4.78 is 0.